The Hall–Kier alpha value is -1.61. The van der Waals surface area contributed by atoms with E-state index >= 15 is 0 Å². The predicted octanol–water partition coefficient (Wildman–Crippen LogP) is 2.50. The normalized spacial score (nSPS) is 21.6. The van der Waals surface area contributed by atoms with E-state index in [-0.39, 0.29) is 11.3 Å². The van der Waals surface area contributed by atoms with E-state index in [2.05, 4.69) is 18.8 Å². The summed E-state index contributed by atoms with van der Waals surface area (Å²) in [4.78, 5) is 14.3. The van der Waals surface area contributed by atoms with Crippen LogP contribution in [0, 0.1) is 5.41 Å². The molecule has 0 bridgehead atoms. The average molecular weight is 256 g/mol. The SMILES string of the molecule is C=C1c2ccccc2C(=O)N1CC1(C)CCNCC1. The summed E-state index contributed by atoms with van der Waals surface area (Å²) in [5, 5.41) is 3.38. The van der Waals surface area contributed by atoms with E-state index in [1.165, 1.54) is 0 Å². The monoisotopic (exact) mass is 256 g/mol. The molecule has 0 spiro atoms. The maximum absolute atomic E-state index is 12.5. The van der Waals surface area contributed by atoms with Crippen molar-refractivity contribution in [1.29, 1.82) is 0 Å². The first-order chi connectivity index (χ1) is 9.11. The molecule has 0 saturated carbocycles. The highest BCUT2D eigenvalue weighted by Crippen LogP contribution is 2.37. The third kappa shape index (κ3) is 2.08. The summed E-state index contributed by atoms with van der Waals surface area (Å²) in [6, 6.07) is 7.76. The maximum atomic E-state index is 12.5. The first kappa shape index (κ1) is 12.4. The molecule has 3 rings (SSSR count). The second-order valence-electron chi connectivity index (χ2n) is 5.94. The molecule has 2 aliphatic rings. The van der Waals surface area contributed by atoms with Crippen LogP contribution in [-0.2, 0) is 0 Å². The number of amides is 1. The molecule has 0 aromatic heterocycles. The third-order valence-electron chi connectivity index (χ3n) is 4.39. The summed E-state index contributed by atoms with van der Waals surface area (Å²) in [7, 11) is 0. The number of carbonyl (C=O) groups excluding carboxylic acids is 1. The lowest BCUT2D eigenvalue weighted by Crippen LogP contribution is -2.42. The van der Waals surface area contributed by atoms with Gasteiger partial charge in [-0.05, 0) is 37.4 Å². The molecule has 100 valence electrons. The molecule has 2 aliphatic heterocycles. The molecule has 1 aromatic carbocycles. The van der Waals surface area contributed by atoms with Gasteiger partial charge in [-0.2, -0.15) is 0 Å². The van der Waals surface area contributed by atoms with Crippen LogP contribution < -0.4 is 5.32 Å². The number of hydrogen-bond acceptors (Lipinski definition) is 2. The third-order valence-corrected chi connectivity index (χ3v) is 4.39. The Kier molecular flexibility index (Phi) is 2.94. The fourth-order valence-corrected chi connectivity index (χ4v) is 3.07. The smallest absolute Gasteiger partial charge is 0.258 e. The van der Waals surface area contributed by atoms with E-state index in [0.29, 0.717) is 0 Å². The summed E-state index contributed by atoms with van der Waals surface area (Å²) in [5.74, 6) is 0.111. The van der Waals surface area contributed by atoms with Crippen LogP contribution in [0.15, 0.2) is 30.8 Å². The van der Waals surface area contributed by atoms with Crippen LogP contribution in [0.25, 0.3) is 5.70 Å². The Morgan fingerprint density at radius 1 is 1.26 bits per heavy atom. The van der Waals surface area contributed by atoms with E-state index in [9.17, 15) is 4.79 Å². The van der Waals surface area contributed by atoms with Gasteiger partial charge in [-0.3, -0.25) is 4.79 Å². The molecule has 3 nitrogen and oxygen atoms in total. The van der Waals surface area contributed by atoms with Crippen molar-refractivity contribution in [3.8, 4) is 0 Å². The van der Waals surface area contributed by atoms with Crippen molar-refractivity contribution in [2.75, 3.05) is 19.6 Å². The lowest BCUT2D eigenvalue weighted by atomic mass is 9.80. The number of nitrogens with one attached hydrogen (secondary N) is 1. The van der Waals surface area contributed by atoms with Crippen molar-refractivity contribution in [1.82, 2.24) is 10.2 Å². The number of carbonyl (C=O) groups is 1. The molecule has 3 heteroatoms. The quantitative estimate of drug-likeness (QED) is 0.881. The van der Waals surface area contributed by atoms with Crippen molar-refractivity contribution in [2.45, 2.75) is 19.8 Å². The lowest BCUT2D eigenvalue weighted by Gasteiger charge is -2.37. The first-order valence-electron chi connectivity index (χ1n) is 6.92. The summed E-state index contributed by atoms with van der Waals surface area (Å²) >= 11 is 0. The topological polar surface area (TPSA) is 32.3 Å². The largest absolute Gasteiger partial charge is 0.317 e. The van der Waals surface area contributed by atoms with Gasteiger partial charge in [0.2, 0.25) is 0 Å². The van der Waals surface area contributed by atoms with Crippen LogP contribution in [0.3, 0.4) is 0 Å². The highest BCUT2D eigenvalue weighted by atomic mass is 16.2. The molecule has 0 aliphatic carbocycles. The highest BCUT2D eigenvalue weighted by Gasteiger charge is 2.36. The van der Waals surface area contributed by atoms with Gasteiger partial charge in [0.05, 0.1) is 0 Å². The molecule has 0 radical (unpaired) electrons. The molecule has 1 fully saturated rings. The standard InChI is InChI=1S/C16H20N2O/c1-12-13-5-3-4-6-14(13)15(19)18(12)11-16(2)7-9-17-10-8-16/h3-6,17H,1,7-11H2,2H3. The van der Waals surface area contributed by atoms with Crippen molar-refractivity contribution in [3.63, 3.8) is 0 Å². The minimum Gasteiger partial charge on any atom is -0.317 e. The molecule has 0 unspecified atom stereocenters. The number of rotatable bonds is 2. The van der Waals surface area contributed by atoms with Crippen molar-refractivity contribution < 1.29 is 4.79 Å². The van der Waals surface area contributed by atoms with Gasteiger partial charge in [0.15, 0.2) is 0 Å². The Labute approximate surface area is 114 Å². The Morgan fingerprint density at radius 2 is 1.89 bits per heavy atom. The van der Waals surface area contributed by atoms with Gasteiger partial charge in [0, 0.05) is 23.4 Å². The maximum Gasteiger partial charge on any atom is 0.258 e. The summed E-state index contributed by atoms with van der Waals surface area (Å²) in [6.45, 7) is 9.25. The molecule has 0 atom stereocenters. The van der Waals surface area contributed by atoms with Crippen LogP contribution in [0.5, 0.6) is 0 Å². The number of benzene rings is 1. The fourth-order valence-electron chi connectivity index (χ4n) is 3.07. The average Bonchev–Trinajstić information content (AvgIpc) is 2.65. The Balaban J connectivity index is 1.84. The molecular weight excluding hydrogens is 236 g/mol. The van der Waals surface area contributed by atoms with Gasteiger partial charge >= 0.3 is 0 Å². The van der Waals surface area contributed by atoms with Crippen molar-refractivity contribution in [3.05, 3.63) is 42.0 Å². The molecular formula is C16H20N2O. The summed E-state index contributed by atoms with van der Waals surface area (Å²) in [6.07, 6.45) is 2.22. The number of piperidine rings is 1. The van der Waals surface area contributed by atoms with Crippen molar-refractivity contribution in [2.24, 2.45) is 5.41 Å². The van der Waals surface area contributed by atoms with Crippen LogP contribution in [0.1, 0.15) is 35.7 Å². The first-order valence-corrected chi connectivity index (χ1v) is 6.92. The molecule has 1 aromatic rings. The predicted molar refractivity (Wildman–Crippen MR) is 76.7 cm³/mol. The minimum atomic E-state index is 0.111. The second kappa shape index (κ2) is 4.49. The van der Waals surface area contributed by atoms with Gasteiger partial charge in [-0.1, -0.05) is 31.7 Å². The number of nitrogens with zero attached hydrogens (tertiary/aromatic N) is 1. The van der Waals surface area contributed by atoms with Gasteiger partial charge in [-0.15, -0.1) is 0 Å². The zero-order valence-electron chi connectivity index (χ0n) is 11.4. The van der Waals surface area contributed by atoms with Crippen molar-refractivity contribution >= 4 is 11.6 Å². The van der Waals surface area contributed by atoms with E-state index in [0.717, 1.165) is 49.3 Å². The number of fused-ring (bicyclic) bond motifs is 1. The zero-order valence-corrected chi connectivity index (χ0v) is 11.4. The highest BCUT2D eigenvalue weighted by molar-refractivity contribution is 6.08. The molecule has 1 amide bonds. The summed E-state index contributed by atoms with van der Waals surface area (Å²) in [5.41, 5.74) is 2.85. The Morgan fingerprint density at radius 3 is 2.53 bits per heavy atom. The van der Waals surface area contributed by atoms with E-state index in [4.69, 9.17) is 0 Å². The Bertz CT molecular complexity index is 494. The number of hydrogen-bond donors (Lipinski definition) is 1. The van der Waals surface area contributed by atoms with E-state index < -0.39 is 0 Å². The van der Waals surface area contributed by atoms with Gasteiger partial charge < -0.3 is 10.2 Å². The zero-order chi connectivity index (χ0) is 13.5. The molecule has 2 heterocycles. The van der Waals surface area contributed by atoms with Crippen LogP contribution in [0.4, 0.5) is 0 Å². The van der Waals surface area contributed by atoms with Crippen LogP contribution in [-0.4, -0.2) is 30.4 Å². The van der Waals surface area contributed by atoms with Gasteiger partial charge in [0.25, 0.3) is 5.91 Å². The van der Waals surface area contributed by atoms with Gasteiger partial charge in [-0.25, -0.2) is 0 Å². The van der Waals surface area contributed by atoms with E-state index in [1.807, 2.05) is 29.2 Å². The molecule has 19 heavy (non-hydrogen) atoms. The molecule has 1 saturated heterocycles. The molecule has 1 N–H and O–H groups in total. The van der Waals surface area contributed by atoms with Gasteiger partial charge in [0.1, 0.15) is 0 Å². The summed E-state index contributed by atoms with van der Waals surface area (Å²) < 4.78 is 0. The lowest BCUT2D eigenvalue weighted by molar-refractivity contribution is 0.0770. The fraction of sp³-hybridized carbons (Fsp3) is 0.438. The van der Waals surface area contributed by atoms with E-state index in [1.54, 1.807) is 0 Å². The van der Waals surface area contributed by atoms with Crippen LogP contribution in [0.2, 0.25) is 0 Å². The van der Waals surface area contributed by atoms with Crippen LogP contribution >= 0.6 is 0 Å². The minimum absolute atomic E-state index is 0.111. The second-order valence-corrected chi connectivity index (χ2v) is 5.94.